The first kappa shape index (κ1) is 15.9. The summed E-state index contributed by atoms with van der Waals surface area (Å²) in [5.74, 6) is 0.305. The highest BCUT2D eigenvalue weighted by molar-refractivity contribution is 5.55. The molecule has 1 aliphatic rings. The highest BCUT2D eigenvalue weighted by Gasteiger charge is 2.32. The molecule has 5 heteroatoms. The molecule has 1 aromatic rings. The molecule has 1 unspecified atom stereocenters. The van der Waals surface area contributed by atoms with Crippen LogP contribution in [0.25, 0.3) is 0 Å². The van der Waals surface area contributed by atoms with E-state index in [0.29, 0.717) is 31.9 Å². The minimum absolute atomic E-state index is 0.315. The Kier molecular flexibility index (Phi) is 5.31. The Morgan fingerprint density at radius 1 is 1.43 bits per heavy atom. The Morgan fingerprint density at radius 3 is 2.76 bits per heavy atom. The molecule has 2 rings (SSSR count). The van der Waals surface area contributed by atoms with Gasteiger partial charge in [0.15, 0.2) is 0 Å². The van der Waals surface area contributed by atoms with Gasteiger partial charge in [-0.3, -0.25) is 4.90 Å². The van der Waals surface area contributed by atoms with Crippen LogP contribution in [0, 0.1) is 5.82 Å². The van der Waals surface area contributed by atoms with E-state index in [2.05, 4.69) is 4.90 Å². The SMILES string of the molecule is COc1ccc(F)cc1C(C)(CC=O)CN1CCOCC1. The third-order valence-corrected chi connectivity index (χ3v) is 4.02. The summed E-state index contributed by atoms with van der Waals surface area (Å²) in [6.45, 7) is 5.69. The lowest BCUT2D eigenvalue weighted by molar-refractivity contribution is -0.109. The second-order valence-corrected chi connectivity index (χ2v) is 5.66. The van der Waals surface area contributed by atoms with Crippen molar-refractivity contribution >= 4 is 6.29 Å². The van der Waals surface area contributed by atoms with Gasteiger partial charge in [0.1, 0.15) is 17.9 Å². The predicted molar refractivity (Wildman–Crippen MR) is 78.2 cm³/mol. The smallest absolute Gasteiger partial charge is 0.123 e. The monoisotopic (exact) mass is 295 g/mol. The Labute approximate surface area is 124 Å². The van der Waals surface area contributed by atoms with Gasteiger partial charge in [-0.15, -0.1) is 0 Å². The average molecular weight is 295 g/mol. The highest BCUT2D eigenvalue weighted by Crippen LogP contribution is 2.35. The fourth-order valence-corrected chi connectivity index (χ4v) is 2.85. The zero-order chi connectivity index (χ0) is 15.3. The molecular weight excluding hydrogens is 273 g/mol. The summed E-state index contributed by atoms with van der Waals surface area (Å²) in [6.07, 6.45) is 1.22. The van der Waals surface area contributed by atoms with Crippen molar-refractivity contribution in [1.29, 1.82) is 0 Å². The van der Waals surface area contributed by atoms with Gasteiger partial charge in [-0.2, -0.15) is 0 Å². The molecule has 0 radical (unpaired) electrons. The molecule has 1 heterocycles. The minimum Gasteiger partial charge on any atom is -0.496 e. The largest absolute Gasteiger partial charge is 0.496 e. The number of hydrogen-bond acceptors (Lipinski definition) is 4. The number of benzene rings is 1. The quantitative estimate of drug-likeness (QED) is 0.753. The second kappa shape index (κ2) is 7.00. The van der Waals surface area contributed by atoms with Crippen LogP contribution in [0.3, 0.4) is 0 Å². The van der Waals surface area contributed by atoms with Gasteiger partial charge in [-0.1, -0.05) is 6.92 Å². The fourth-order valence-electron chi connectivity index (χ4n) is 2.85. The number of rotatable bonds is 6. The third kappa shape index (κ3) is 3.80. The van der Waals surface area contributed by atoms with Crippen molar-refractivity contribution in [2.24, 2.45) is 0 Å². The zero-order valence-corrected chi connectivity index (χ0v) is 12.6. The molecule has 1 atom stereocenters. The van der Waals surface area contributed by atoms with E-state index in [-0.39, 0.29) is 5.82 Å². The minimum atomic E-state index is -0.480. The molecular formula is C16H22FNO3. The van der Waals surface area contributed by atoms with Crippen molar-refractivity contribution in [2.45, 2.75) is 18.8 Å². The van der Waals surface area contributed by atoms with Crippen LogP contribution in [0.2, 0.25) is 0 Å². The third-order valence-electron chi connectivity index (χ3n) is 4.02. The number of halogens is 1. The average Bonchev–Trinajstić information content (AvgIpc) is 2.48. The number of morpholine rings is 1. The van der Waals surface area contributed by atoms with Gasteiger partial charge in [-0.05, 0) is 18.2 Å². The molecule has 0 N–H and O–H groups in total. The molecule has 1 saturated heterocycles. The van der Waals surface area contributed by atoms with Crippen molar-refractivity contribution in [1.82, 2.24) is 4.90 Å². The van der Waals surface area contributed by atoms with Crippen molar-refractivity contribution in [3.63, 3.8) is 0 Å². The molecule has 1 aliphatic heterocycles. The van der Waals surface area contributed by atoms with Crippen LogP contribution < -0.4 is 4.74 Å². The maximum atomic E-state index is 13.7. The first-order chi connectivity index (χ1) is 10.1. The summed E-state index contributed by atoms with van der Waals surface area (Å²) < 4.78 is 24.4. The van der Waals surface area contributed by atoms with E-state index < -0.39 is 5.41 Å². The fraction of sp³-hybridized carbons (Fsp3) is 0.562. The van der Waals surface area contributed by atoms with Crippen molar-refractivity contribution < 1.29 is 18.7 Å². The molecule has 4 nitrogen and oxygen atoms in total. The maximum Gasteiger partial charge on any atom is 0.123 e. The van der Waals surface area contributed by atoms with Gasteiger partial charge in [-0.25, -0.2) is 4.39 Å². The van der Waals surface area contributed by atoms with Gasteiger partial charge in [0.2, 0.25) is 0 Å². The van der Waals surface area contributed by atoms with Crippen LogP contribution in [0.4, 0.5) is 4.39 Å². The molecule has 0 amide bonds. The lowest BCUT2D eigenvalue weighted by Gasteiger charge is -2.37. The van der Waals surface area contributed by atoms with Crippen molar-refractivity contribution in [3.05, 3.63) is 29.6 Å². The predicted octanol–water partition coefficient (Wildman–Crippen LogP) is 2.01. The van der Waals surface area contributed by atoms with Crippen LogP contribution in [0.1, 0.15) is 18.9 Å². The molecule has 1 aromatic carbocycles. The number of aldehydes is 1. The van der Waals surface area contributed by atoms with E-state index >= 15 is 0 Å². The van der Waals surface area contributed by atoms with Crippen LogP contribution in [-0.4, -0.2) is 51.1 Å². The molecule has 0 saturated carbocycles. The van der Waals surface area contributed by atoms with Crippen molar-refractivity contribution in [3.8, 4) is 5.75 Å². The van der Waals surface area contributed by atoms with E-state index in [1.165, 1.54) is 12.1 Å². The van der Waals surface area contributed by atoms with E-state index in [4.69, 9.17) is 9.47 Å². The maximum absolute atomic E-state index is 13.7. The number of carbonyl (C=O) groups excluding carboxylic acids is 1. The number of ether oxygens (including phenoxy) is 2. The molecule has 116 valence electrons. The number of methoxy groups -OCH3 is 1. The van der Waals surface area contributed by atoms with Gasteiger partial charge in [0.25, 0.3) is 0 Å². The van der Waals surface area contributed by atoms with Gasteiger partial charge < -0.3 is 14.3 Å². The number of carbonyl (C=O) groups is 1. The van der Waals surface area contributed by atoms with E-state index in [1.807, 2.05) is 6.92 Å². The topological polar surface area (TPSA) is 38.8 Å². The molecule has 0 spiro atoms. The van der Waals surface area contributed by atoms with E-state index in [1.54, 1.807) is 13.2 Å². The van der Waals surface area contributed by atoms with Crippen LogP contribution in [0.15, 0.2) is 18.2 Å². The summed E-state index contributed by atoms with van der Waals surface area (Å²) in [7, 11) is 1.56. The lowest BCUT2D eigenvalue weighted by atomic mass is 9.78. The van der Waals surface area contributed by atoms with E-state index in [9.17, 15) is 9.18 Å². The normalized spacial score (nSPS) is 19.0. The summed E-state index contributed by atoms with van der Waals surface area (Å²) in [5, 5.41) is 0. The zero-order valence-electron chi connectivity index (χ0n) is 12.6. The lowest BCUT2D eigenvalue weighted by Crippen LogP contribution is -2.45. The van der Waals surface area contributed by atoms with Crippen LogP contribution in [-0.2, 0) is 14.9 Å². The second-order valence-electron chi connectivity index (χ2n) is 5.66. The molecule has 0 aromatic heterocycles. The standard InChI is InChI=1S/C16H22FNO3/c1-16(5-8-19,12-18-6-9-21-10-7-18)14-11-13(17)3-4-15(14)20-2/h3-4,8,11H,5-7,9-10,12H2,1-2H3. The Morgan fingerprint density at radius 2 is 2.14 bits per heavy atom. The van der Waals surface area contributed by atoms with Gasteiger partial charge in [0, 0.05) is 37.0 Å². The highest BCUT2D eigenvalue weighted by atomic mass is 19.1. The Bertz CT molecular complexity index is 488. The van der Waals surface area contributed by atoms with Crippen LogP contribution >= 0.6 is 0 Å². The number of nitrogens with zero attached hydrogens (tertiary/aromatic N) is 1. The Hall–Kier alpha value is -1.46. The molecule has 1 fully saturated rings. The molecule has 21 heavy (non-hydrogen) atoms. The summed E-state index contributed by atoms with van der Waals surface area (Å²) >= 11 is 0. The first-order valence-corrected chi connectivity index (χ1v) is 7.17. The number of hydrogen-bond donors (Lipinski definition) is 0. The van der Waals surface area contributed by atoms with Crippen LogP contribution in [0.5, 0.6) is 5.75 Å². The summed E-state index contributed by atoms with van der Waals surface area (Å²) in [6, 6.07) is 4.47. The molecule has 0 bridgehead atoms. The summed E-state index contributed by atoms with van der Waals surface area (Å²) in [5.41, 5.74) is 0.260. The first-order valence-electron chi connectivity index (χ1n) is 7.17. The molecule has 0 aliphatic carbocycles. The van der Waals surface area contributed by atoms with E-state index in [0.717, 1.165) is 24.9 Å². The van der Waals surface area contributed by atoms with Gasteiger partial charge in [0.05, 0.1) is 20.3 Å². The Balaban J connectivity index is 2.31. The van der Waals surface area contributed by atoms with Crippen molar-refractivity contribution in [2.75, 3.05) is 40.0 Å². The summed E-state index contributed by atoms with van der Waals surface area (Å²) in [4.78, 5) is 13.4. The van der Waals surface area contributed by atoms with Gasteiger partial charge >= 0.3 is 0 Å².